The summed E-state index contributed by atoms with van der Waals surface area (Å²) >= 11 is 0. The molecule has 0 saturated carbocycles. The Morgan fingerprint density at radius 3 is 2.55 bits per heavy atom. The Labute approximate surface area is 188 Å². The predicted octanol–water partition coefficient (Wildman–Crippen LogP) is 1.43. The molecule has 0 bridgehead atoms. The van der Waals surface area contributed by atoms with Crippen LogP contribution in [0, 0.1) is 0 Å². The molecule has 8 nitrogen and oxygen atoms in total. The monoisotopic (exact) mass is 512 g/mol. The van der Waals surface area contributed by atoms with Crippen LogP contribution >= 0.6 is 24.0 Å². The Morgan fingerprint density at radius 1 is 1.21 bits per heavy atom. The van der Waals surface area contributed by atoms with E-state index in [1.165, 1.54) is 0 Å². The fourth-order valence-electron chi connectivity index (χ4n) is 3.21. The number of aryl methyl sites for hydroxylation is 1. The van der Waals surface area contributed by atoms with Crippen LogP contribution < -0.4 is 15.8 Å². The maximum atomic E-state index is 12.3. The maximum absolute atomic E-state index is 12.3. The van der Waals surface area contributed by atoms with Gasteiger partial charge >= 0.3 is 0 Å². The lowest BCUT2D eigenvalue weighted by Crippen LogP contribution is -2.53. The molecule has 2 heterocycles. The average Bonchev–Trinajstić information content (AvgIpc) is 2.71. The zero-order valence-corrected chi connectivity index (χ0v) is 19.2. The van der Waals surface area contributed by atoms with Gasteiger partial charge in [0.2, 0.25) is 0 Å². The van der Waals surface area contributed by atoms with E-state index in [1.54, 1.807) is 36.1 Å². The quantitative estimate of drug-likeness (QED) is 0.359. The average molecular weight is 512 g/mol. The van der Waals surface area contributed by atoms with Crippen molar-refractivity contribution in [2.24, 2.45) is 12.0 Å². The molecule has 0 amide bonds. The van der Waals surface area contributed by atoms with Crippen LogP contribution in [-0.4, -0.2) is 64.8 Å². The van der Waals surface area contributed by atoms with Crippen LogP contribution in [0.4, 0.5) is 5.82 Å². The zero-order valence-electron chi connectivity index (χ0n) is 16.9. The van der Waals surface area contributed by atoms with Gasteiger partial charge in [0.05, 0.1) is 0 Å². The number of anilines is 1. The van der Waals surface area contributed by atoms with Gasteiger partial charge in [0.1, 0.15) is 5.75 Å². The van der Waals surface area contributed by atoms with Gasteiger partial charge in [-0.15, -0.1) is 24.0 Å². The summed E-state index contributed by atoms with van der Waals surface area (Å²) in [6, 6.07) is 7.24. The van der Waals surface area contributed by atoms with Gasteiger partial charge in [-0.2, -0.15) is 0 Å². The fraction of sp³-hybridized carbons (Fsp3) is 0.450. The number of hydrogen-bond donors (Lipinski definition) is 2. The van der Waals surface area contributed by atoms with Gasteiger partial charge in [-0.3, -0.25) is 9.79 Å². The van der Waals surface area contributed by atoms with Crippen LogP contribution in [0.1, 0.15) is 12.5 Å². The summed E-state index contributed by atoms with van der Waals surface area (Å²) in [5, 5.41) is 12.7. The minimum absolute atomic E-state index is 0. The van der Waals surface area contributed by atoms with E-state index >= 15 is 0 Å². The molecule has 0 aliphatic carbocycles. The highest BCUT2D eigenvalue weighted by Crippen LogP contribution is 2.11. The molecule has 0 radical (unpaired) electrons. The van der Waals surface area contributed by atoms with Gasteiger partial charge in [-0.05, 0) is 31.0 Å². The molecule has 1 aromatic heterocycles. The van der Waals surface area contributed by atoms with Gasteiger partial charge in [-0.1, -0.05) is 12.1 Å². The van der Waals surface area contributed by atoms with Crippen LogP contribution in [0.5, 0.6) is 5.75 Å². The number of phenols is 1. The number of guanidine groups is 1. The van der Waals surface area contributed by atoms with E-state index in [9.17, 15) is 9.90 Å². The number of benzene rings is 1. The smallest absolute Gasteiger partial charge is 0.293 e. The second kappa shape index (κ2) is 11.0. The largest absolute Gasteiger partial charge is 0.508 e. The van der Waals surface area contributed by atoms with Crippen LogP contribution in [0.2, 0.25) is 0 Å². The third-order valence-corrected chi connectivity index (χ3v) is 4.81. The molecule has 9 heteroatoms. The van der Waals surface area contributed by atoms with E-state index in [0.717, 1.165) is 50.7 Å². The highest BCUT2D eigenvalue weighted by atomic mass is 127. The second-order valence-electron chi connectivity index (χ2n) is 6.79. The molecule has 1 saturated heterocycles. The Morgan fingerprint density at radius 2 is 1.90 bits per heavy atom. The lowest BCUT2D eigenvalue weighted by Gasteiger charge is -2.36. The van der Waals surface area contributed by atoms with E-state index in [1.807, 2.05) is 17.0 Å². The maximum Gasteiger partial charge on any atom is 0.293 e. The predicted molar refractivity (Wildman–Crippen MR) is 126 cm³/mol. The molecule has 158 valence electrons. The van der Waals surface area contributed by atoms with E-state index < -0.39 is 0 Å². The van der Waals surface area contributed by atoms with Gasteiger partial charge in [0.15, 0.2) is 11.8 Å². The Balaban J connectivity index is 0.00000300. The van der Waals surface area contributed by atoms with Gasteiger partial charge in [-0.25, -0.2) is 4.98 Å². The molecule has 2 aromatic rings. The number of halogens is 1. The molecule has 0 unspecified atom stereocenters. The Kier molecular flexibility index (Phi) is 8.74. The number of hydrogen-bond acceptors (Lipinski definition) is 5. The molecule has 2 N–H and O–H groups in total. The van der Waals surface area contributed by atoms with Gasteiger partial charge < -0.3 is 24.8 Å². The molecule has 3 rings (SSSR count). The number of aromatic nitrogens is 2. The molecule has 1 aliphatic heterocycles. The summed E-state index contributed by atoms with van der Waals surface area (Å²) in [7, 11) is 1.74. The number of piperazine rings is 1. The first kappa shape index (κ1) is 23.0. The molecular formula is C20H29IN6O2. The minimum atomic E-state index is -0.0644. The van der Waals surface area contributed by atoms with E-state index in [2.05, 4.69) is 22.1 Å². The van der Waals surface area contributed by atoms with Crippen molar-refractivity contribution in [1.29, 1.82) is 0 Å². The molecule has 1 fully saturated rings. The lowest BCUT2D eigenvalue weighted by atomic mass is 10.1. The molecular weight excluding hydrogens is 483 g/mol. The van der Waals surface area contributed by atoms with Crippen molar-refractivity contribution in [3.8, 4) is 5.75 Å². The van der Waals surface area contributed by atoms with Crippen molar-refractivity contribution >= 4 is 35.8 Å². The first-order chi connectivity index (χ1) is 13.6. The summed E-state index contributed by atoms with van der Waals surface area (Å²) in [5.74, 6) is 1.69. The molecule has 1 aromatic carbocycles. The number of nitrogens with one attached hydrogen (secondary N) is 1. The SMILES string of the molecule is CCNC(=NCCc1ccc(O)cc1)N1CCN(c2nccn(C)c2=O)CC1.I. The first-order valence-electron chi connectivity index (χ1n) is 9.66. The van der Waals surface area contributed by atoms with Crippen LogP contribution in [0.15, 0.2) is 46.4 Å². The third kappa shape index (κ3) is 6.09. The van der Waals surface area contributed by atoms with Crippen molar-refractivity contribution in [2.45, 2.75) is 13.3 Å². The number of phenolic OH excluding ortho intramolecular Hbond substituents is 1. The van der Waals surface area contributed by atoms with Crippen LogP contribution in [-0.2, 0) is 13.5 Å². The van der Waals surface area contributed by atoms with Crippen LogP contribution in [0.3, 0.4) is 0 Å². The molecule has 29 heavy (non-hydrogen) atoms. The topological polar surface area (TPSA) is 86.0 Å². The second-order valence-corrected chi connectivity index (χ2v) is 6.79. The third-order valence-electron chi connectivity index (χ3n) is 4.81. The van der Waals surface area contributed by atoms with E-state index in [-0.39, 0.29) is 35.3 Å². The van der Waals surface area contributed by atoms with Crippen molar-refractivity contribution in [3.63, 3.8) is 0 Å². The lowest BCUT2D eigenvalue weighted by molar-refractivity contribution is 0.371. The van der Waals surface area contributed by atoms with Crippen molar-refractivity contribution in [3.05, 3.63) is 52.6 Å². The molecule has 0 atom stereocenters. The summed E-state index contributed by atoms with van der Waals surface area (Å²) in [6.45, 7) is 6.56. The Bertz CT molecular complexity index is 860. The van der Waals surface area contributed by atoms with Crippen molar-refractivity contribution in [1.82, 2.24) is 19.8 Å². The summed E-state index contributed by atoms with van der Waals surface area (Å²) < 4.78 is 1.56. The zero-order chi connectivity index (χ0) is 19.9. The fourth-order valence-corrected chi connectivity index (χ4v) is 3.21. The van der Waals surface area contributed by atoms with E-state index in [4.69, 9.17) is 4.99 Å². The van der Waals surface area contributed by atoms with Crippen molar-refractivity contribution in [2.75, 3.05) is 44.2 Å². The highest BCUT2D eigenvalue weighted by Gasteiger charge is 2.22. The van der Waals surface area contributed by atoms with E-state index in [0.29, 0.717) is 12.4 Å². The summed E-state index contributed by atoms with van der Waals surface area (Å²) in [5.41, 5.74) is 1.08. The van der Waals surface area contributed by atoms with Crippen molar-refractivity contribution < 1.29 is 5.11 Å². The highest BCUT2D eigenvalue weighted by molar-refractivity contribution is 14.0. The molecule has 0 spiro atoms. The number of rotatable bonds is 5. The Hall–Kier alpha value is -2.30. The van der Waals surface area contributed by atoms with Gasteiger partial charge in [0.25, 0.3) is 5.56 Å². The molecule has 1 aliphatic rings. The normalized spacial score (nSPS) is 14.5. The number of aliphatic imine (C=N–C) groups is 1. The first-order valence-corrected chi connectivity index (χ1v) is 9.66. The number of aromatic hydroxyl groups is 1. The minimum Gasteiger partial charge on any atom is -0.508 e. The summed E-state index contributed by atoms with van der Waals surface area (Å²) in [4.78, 5) is 25.6. The van der Waals surface area contributed by atoms with Crippen LogP contribution in [0.25, 0.3) is 0 Å². The van der Waals surface area contributed by atoms with Gasteiger partial charge in [0, 0.05) is 58.7 Å². The number of nitrogens with zero attached hydrogens (tertiary/aromatic N) is 5. The standard InChI is InChI=1S/C20H28N6O2.HI/c1-3-21-20(23-9-8-16-4-6-17(27)7-5-16)26-14-12-25(13-15-26)18-19(28)24(2)11-10-22-18;/h4-7,10-11,27H,3,8-9,12-15H2,1-2H3,(H,21,23);1H. The summed E-state index contributed by atoms with van der Waals surface area (Å²) in [6.07, 6.45) is 4.16.